The normalized spacial score (nSPS) is 15.3. The molecule has 0 spiro atoms. The minimum atomic E-state index is -1.15. The average molecular weight is 429 g/mol. The molecule has 9 heteroatoms. The number of aliphatic carboxylic acids is 1. The van der Waals surface area contributed by atoms with E-state index < -0.39 is 30.4 Å². The molecule has 2 aromatic carbocycles. The van der Waals surface area contributed by atoms with Crippen molar-refractivity contribution in [3.63, 3.8) is 0 Å². The van der Waals surface area contributed by atoms with Crippen molar-refractivity contribution in [3.8, 4) is 5.75 Å². The lowest BCUT2D eigenvalue weighted by atomic mass is 10.1. The van der Waals surface area contributed by atoms with E-state index >= 15 is 0 Å². The first-order valence-corrected chi connectivity index (χ1v) is 9.32. The van der Waals surface area contributed by atoms with Gasteiger partial charge in [0.25, 0.3) is 11.8 Å². The molecule has 2 N–H and O–H groups in total. The third kappa shape index (κ3) is 4.49. The summed E-state index contributed by atoms with van der Waals surface area (Å²) < 4.78 is 5.04. The number of imide groups is 2. The van der Waals surface area contributed by atoms with E-state index in [0.717, 1.165) is 16.9 Å². The maximum Gasteiger partial charge on any atom is 0.341 e. The molecule has 1 aliphatic heterocycles. The Morgan fingerprint density at radius 1 is 1.17 bits per heavy atom. The molecule has 0 atom stereocenters. The number of benzene rings is 2. The summed E-state index contributed by atoms with van der Waals surface area (Å²) in [5.41, 5.74) is 1.53. The van der Waals surface area contributed by atoms with Gasteiger partial charge in [0.1, 0.15) is 11.3 Å². The molecule has 1 heterocycles. The molecular formula is C21H17ClN2O6. The van der Waals surface area contributed by atoms with Gasteiger partial charge in [0.2, 0.25) is 0 Å². The predicted octanol–water partition coefficient (Wildman–Crippen LogP) is 3.03. The van der Waals surface area contributed by atoms with Gasteiger partial charge in [-0.15, -0.1) is 0 Å². The van der Waals surface area contributed by atoms with E-state index in [1.807, 2.05) is 6.92 Å². The molecule has 0 aromatic heterocycles. The molecule has 2 aromatic rings. The third-order valence-electron chi connectivity index (χ3n) is 4.32. The Kier molecular flexibility index (Phi) is 6.17. The molecule has 0 saturated carbocycles. The Hall–Kier alpha value is -3.65. The van der Waals surface area contributed by atoms with E-state index in [0.29, 0.717) is 11.3 Å². The number of ether oxygens (including phenoxy) is 1. The van der Waals surface area contributed by atoms with Crippen molar-refractivity contribution in [1.82, 2.24) is 5.32 Å². The van der Waals surface area contributed by atoms with E-state index in [9.17, 15) is 19.2 Å². The second-order valence-corrected chi connectivity index (χ2v) is 6.76. The number of carboxylic acid groups (broad SMARTS) is 1. The zero-order valence-corrected chi connectivity index (χ0v) is 16.6. The number of carbonyl (C=O) groups is 4. The molecule has 0 unspecified atom stereocenters. The highest BCUT2D eigenvalue weighted by molar-refractivity contribution is 6.39. The number of aryl methyl sites for hydroxylation is 1. The van der Waals surface area contributed by atoms with E-state index in [2.05, 4.69) is 5.32 Å². The third-order valence-corrected chi connectivity index (χ3v) is 4.62. The number of nitrogens with one attached hydrogen (secondary N) is 1. The number of carbonyl (C=O) groups excluding carboxylic acids is 3. The van der Waals surface area contributed by atoms with Crippen LogP contribution in [0.2, 0.25) is 5.02 Å². The first-order chi connectivity index (χ1) is 14.3. The first-order valence-electron chi connectivity index (χ1n) is 8.94. The Balaban J connectivity index is 1.90. The maximum atomic E-state index is 12.9. The van der Waals surface area contributed by atoms with Crippen molar-refractivity contribution >= 4 is 47.2 Å². The van der Waals surface area contributed by atoms with Crippen LogP contribution in [0.4, 0.5) is 10.5 Å². The molecule has 30 heavy (non-hydrogen) atoms. The number of hydrogen-bond acceptors (Lipinski definition) is 5. The molecule has 1 fully saturated rings. The Bertz CT molecular complexity index is 1060. The fourth-order valence-electron chi connectivity index (χ4n) is 2.80. The summed E-state index contributed by atoms with van der Waals surface area (Å²) in [5, 5.41) is 10.9. The molecule has 0 bridgehead atoms. The minimum Gasteiger partial charge on any atom is -0.480 e. The van der Waals surface area contributed by atoms with Crippen LogP contribution >= 0.6 is 11.6 Å². The van der Waals surface area contributed by atoms with E-state index in [-0.39, 0.29) is 16.3 Å². The van der Waals surface area contributed by atoms with Crippen LogP contribution in [-0.2, 0) is 20.8 Å². The fourth-order valence-corrected chi connectivity index (χ4v) is 3.05. The largest absolute Gasteiger partial charge is 0.480 e. The predicted molar refractivity (Wildman–Crippen MR) is 109 cm³/mol. The highest BCUT2D eigenvalue weighted by atomic mass is 35.5. The number of nitrogens with zero attached hydrogens (tertiary/aromatic N) is 1. The van der Waals surface area contributed by atoms with Crippen LogP contribution in [-0.4, -0.2) is 35.5 Å². The van der Waals surface area contributed by atoms with Crippen molar-refractivity contribution in [1.29, 1.82) is 0 Å². The van der Waals surface area contributed by atoms with Crippen molar-refractivity contribution in [3.05, 3.63) is 64.2 Å². The molecular weight excluding hydrogens is 412 g/mol. The van der Waals surface area contributed by atoms with Gasteiger partial charge in [-0.2, -0.15) is 0 Å². The molecule has 1 saturated heterocycles. The number of halogens is 1. The van der Waals surface area contributed by atoms with Crippen molar-refractivity contribution < 1.29 is 29.0 Å². The molecule has 1 aliphatic rings. The van der Waals surface area contributed by atoms with Crippen LogP contribution in [0, 0.1) is 0 Å². The minimum absolute atomic E-state index is 0.109. The number of rotatable bonds is 6. The molecule has 8 nitrogen and oxygen atoms in total. The lowest BCUT2D eigenvalue weighted by molar-refractivity contribution is -0.139. The fraction of sp³-hybridized carbons (Fsp3) is 0.143. The highest BCUT2D eigenvalue weighted by Crippen LogP contribution is 2.28. The quantitative estimate of drug-likeness (QED) is 0.540. The second-order valence-electron chi connectivity index (χ2n) is 6.35. The van der Waals surface area contributed by atoms with Gasteiger partial charge in [-0.1, -0.05) is 36.7 Å². The molecule has 4 amide bonds. The number of urea groups is 1. The van der Waals surface area contributed by atoms with Crippen LogP contribution in [0.25, 0.3) is 6.08 Å². The number of hydrogen-bond donors (Lipinski definition) is 2. The topological polar surface area (TPSA) is 113 Å². The van der Waals surface area contributed by atoms with Crippen LogP contribution in [0.15, 0.2) is 48.0 Å². The van der Waals surface area contributed by atoms with Gasteiger partial charge in [0, 0.05) is 0 Å². The summed E-state index contributed by atoms with van der Waals surface area (Å²) in [6.07, 6.45) is 2.10. The van der Waals surface area contributed by atoms with Gasteiger partial charge in [0.05, 0.1) is 10.7 Å². The lowest BCUT2D eigenvalue weighted by Crippen LogP contribution is -2.54. The van der Waals surface area contributed by atoms with E-state index in [4.69, 9.17) is 21.4 Å². The smallest absolute Gasteiger partial charge is 0.341 e. The summed E-state index contributed by atoms with van der Waals surface area (Å²) in [5.74, 6) is -2.60. The van der Waals surface area contributed by atoms with Gasteiger partial charge in [-0.05, 0) is 47.9 Å². The Morgan fingerprint density at radius 3 is 2.47 bits per heavy atom. The first kappa shape index (κ1) is 21.1. The van der Waals surface area contributed by atoms with Gasteiger partial charge in [0.15, 0.2) is 6.61 Å². The second kappa shape index (κ2) is 8.79. The number of carboxylic acids is 1. The SMILES string of the molecule is CCc1ccc(N2C(=O)NC(=O)/C(=C/c3ccc(OCC(=O)O)c(Cl)c3)C2=O)cc1. The van der Waals surface area contributed by atoms with Gasteiger partial charge >= 0.3 is 12.0 Å². The molecule has 3 rings (SSSR count). The molecule has 154 valence electrons. The lowest BCUT2D eigenvalue weighted by Gasteiger charge is -2.26. The van der Waals surface area contributed by atoms with Crippen LogP contribution in [0.3, 0.4) is 0 Å². The number of barbiturate groups is 1. The summed E-state index contributed by atoms with van der Waals surface area (Å²) >= 11 is 6.08. The molecule has 0 radical (unpaired) electrons. The summed E-state index contributed by atoms with van der Waals surface area (Å²) in [6.45, 7) is 1.42. The van der Waals surface area contributed by atoms with E-state index in [1.54, 1.807) is 24.3 Å². The standard InChI is InChI=1S/C21H17ClN2O6/c1-2-12-3-6-14(7-4-12)24-20(28)15(19(27)23-21(24)29)9-13-5-8-17(16(22)10-13)30-11-18(25)26/h3-10H,2,11H2,1H3,(H,25,26)(H,23,27,29)/b15-9-. The summed E-state index contributed by atoms with van der Waals surface area (Å²) in [6, 6.07) is 10.4. The number of anilines is 1. The zero-order chi connectivity index (χ0) is 21.8. The van der Waals surface area contributed by atoms with Crippen molar-refractivity contribution in [2.75, 3.05) is 11.5 Å². The van der Waals surface area contributed by atoms with Crippen molar-refractivity contribution in [2.45, 2.75) is 13.3 Å². The van der Waals surface area contributed by atoms with Gasteiger partial charge in [-0.3, -0.25) is 14.9 Å². The van der Waals surface area contributed by atoms with Crippen molar-refractivity contribution in [2.24, 2.45) is 0 Å². The van der Waals surface area contributed by atoms with Crippen LogP contribution < -0.4 is 15.0 Å². The summed E-state index contributed by atoms with van der Waals surface area (Å²) in [7, 11) is 0. The van der Waals surface area contributed by atoms with Gasteiger partial charge < -0.3 is 9.84 Å². The van der Waals surface area contributed by atoms with Gasteiger partial charge in [-0.25, -0.2) is 14.5 Å². The summed E-state index contributed by atoms with van der Waals surface area (Å²) in [4.78, 5) is 48.9. The Labute approximate surface area is 176 Å². The molecule has 0 aliphatic carbocycles. The monoisotopic (exact) mass is 428 g/mol. The van der Waals surface area contributed by atoms with E-state index in [1.165, 1.54) is 24.3 Å². The number of amides is 4. The van der Waals surface area contributed by atoms with Crippen LogP contribution in [0.5, 0.6) is 5.75 Å². The average Bonchev–Trinajstić information content (AvgIpc) is 2.70. The zero-order valence-electron chi connectivity index (χ0n) is 15.8. The van der Waals surface area contributed by atoms with Crippen LogP contribution in [0.1, 0.15) is 18.1 Å². The highest BCUT2D eigenvalue weighted by Gasteiger charge is 2.36. The maximum absolute atomic E-state index is 12.9. The Morgan fingerprint density at radius 2 is 1.87 bits per heavy atom.